The van der Waals surface area contributed by atoms with E-state index in [1.807, 2.05) is 66.7 Å². The molecule has 0 amide bonds. The SMILES string of the molecule is Cc1c(C#N)c(O)n(CCc2ccccc2)c(=O)c1N=Nc1ccc(N=Nc2ccccc2)cc1. The maximum atomic E-state index is 13.1. The van der Waals surface area contributed by atoms with E-state index in [2.05, 4.69) is 20.5 Å². The smallest absolute Gasteiger partial charge is 0.281 e. The van der Waals surface area contributed by atoms with Gasteiger partial charge in [0, 0.05) is 12.1 Å². The summed E-state index contributed by atoms with van der Waals surface area (Å²) in [5, 5.41) is 36.8. The Hall–Kier alpha value is -4.90. The summed E-state index contributed by atoms with van der Waals surface area (Å²) in [7, 11) is 0. The summed E-state index contributed by atoms with van der Waals surface area (Å²) in [6.45, 7) is 1.77. The maximum absolute atomic E-state index is 13.1. The van der Waals surface area contributed by atoms with E-state index in [0.717, 1.165) is 11.3 Å². The third-order valence-electron chi connectivity index (χ3n) is 5.39. The molecule has 0 unspecified atom stereocenters. The first-order valence-corrected chi connectivity index (χ1v) is 11.0. The summed E-state index contributed by atoms with van der Waals surface area (Å²) in [6.07, 6.45) is 0.512. The average molecular weight is 463 g/mol. The van der Waals surface area contributed by atoms with Crippen molar-refractivity contribution in [2.45, 2.75) is 19.9 Å². The van der Waals surface area contributed by atoms with Gasteiger partial charge in [-0.05, 0) is 55.3 Å². The molecule has 0 fully saturated rings. The van der Waals surface area contributed by atoms with E-state index in [9.17, 15) is 15.2 Å². The van der Waals surface area contributed by atoms with Crippen LogP contribution < -0.4 is 5.56 Å². The van der Waals surface area contributed by atoms with Gasteiger partial charge in [-0.1, -0.05) is 48.5 Å². The van der Waals surface area contributed by atoms with Crippen molar-refractivity contribution in [3.8, 4) is 11.9 Å². The summed E-state index contributed by atoms with van der Waals surface area (Å²) < 4.78 is 1.17. The molecular weight excluding hydrogens is 440 g/mol. The van der Waals surface area contributed by atoms with Crippen molar-refractivity contribution in [2.75, 3.05) is 0 Å². The highest BCUT2D eigenvalue weighted by Gasteiger charge is 2.19. The summed E-state index contributed by atoms with van der Waals surface area (Å²) >= 11 is 0. The van der Waals surface area contributed by atoms with E-state index in [1.54, 1.807) is 31.2 Å². The Morgan fingerprint density at radius 3 is 1.89 bits per heavy atom. The highest BCUT2D eigenvalue weighted by Crippen LogP contribution is 2.28. The lowest BCUT2D eigenvalue weighted by molar-refractivity contribution is 0.404. The molecular formula is C27H22N6O2. The Labute approximate surface area is 202 Å². The van der Waals surface area contributed by atoms with Crippen molar-refractivity contribution >= 4 is 22.7 Å². The molecule has 35 heavy (non-hydrogen) atoms. The molecule has 0 atom stereocenters. The molecule has 1 aromatic heterocycles. The van der Waals surface area contributed by atoms with Crippen LogP contribution in [0.4, 0.5) is 22.7 Å². The minimum atomic E-state index is -0.507. The number of rotatable bonds is 7. The molecule has 4 aromatic rings. The number of nitriles is 1. The normalized spacial score (nSPS) is 11.2. The monoisotopic (exact) mass is 462 g/mol. The number of nitrogens with zero attached hydrogens (tertiary/aromatic N) is 6. The van der Waals surface area contributed by atoms with Gasteiger partial charge in [-0.3, -0.25) is 9.36 Å². The Kier molecular flexibility index (Phi) is 7.19. The van der Waals surface area contributed by atoms with Crippen molar-refractivity contribution in [1.29, 1.82) is 5.26 Å². The van der Waals surface area contributed by atoms with Gasteiger partial charge in [0.25, 0.3) is 5.56 Å². The van der Waals surface area contributed by atoms with Crippen LogP contribution in [0.25, 0.3) is 0 Å². The van der Waals surface area contributed by atoms with Crippen LogP contribution >= 0.6 is 0 Å². The second kappa shape index (κ2) is 10.8. The lowest BCUT2D eigenvalue weighted by atomic mass is 10.1. The molecule has 8 heteroatoms. The van der Waals surface area contributed by atoms with Gasteiger partial charge in [0.2, 0.25) is 5.88 Å². The fourth-order valence-corrected chi connectivity index (χ4v) is 3.45. The highest BCUT2D eigenvalue weighted by molar-refractivity contribution is 5.57. The van der Waals surface area contributed by atoms with Crippen molar-refractivity contribution in [2.24, 2.45) is 20.5 Å². The van der Waals surface area contributed by atoms with Crippen molar-refractivity contribution in [3.63, 3.8) is 0 Å². The van der Waals surface area contributed by atoms with Gasteiger partial charge in [0.15, 0.2) is 5.69 Å². The van der Waals surface area contributed by atoms with Crippen molar-refractivity contribution in [3.05, 3.63) is 112 Å². The molecule has 0 saturated heterocycles. The molecule has 4 rings (SSSR count). The van der Waals surface area contributed by atoms with Gasteiger partial charge >= 0.3 is 0 Å². The predicted molar refractivity (Wildman–Crippen MR) is 133 cm³/mol. The largest absolute Gasteiger partial charge is 0.493 e. The molecule has 1 heterocycles. The zero-order valence-corrected chi connectivity index (χ0v) is 19.0. The van der Waals surface area contributed by atoms with E-state index in [-0.39, 0.29) is 29.2 Å². The van der Waals surface area contributed by atoms with Gasteiger partial charge in [-0.25, -0.2) is 0 Å². The van der Waals surface area contributed by atoms with Crippen LogP contribution in [0.2, 0.25) is 0 Å². The number of benzene rings is 3. The number of aryl methyl sites for hydroxylation is 1. The number of aromatic nitrogens is 1. The predicted octanol–water partition coefficient (Wildman–Crippen LogP) is 6.81. The minimum Gasteiger partial charge on any atom is -0.493 e. The lowest BCUT2D eigenvalue weighted by Gasteiger charge is -2.13. The zero-order chi connectivity index (χ0) is 24.6. The van der Waals surface area contributed by atoms with E-state index < -0.39 is 5.56 Å². The topological polar surface area (TPSA) is 115 Å². The number of aromatic hydroxyl groups is 1. The van der Waals surface area contributed by atoms with Crippen LogP contribution in [-0.2, 0) is 13.0 Å². The number of pyridine rings is 1. The fourth-order valence-electron chi connectivity index (χ4n) is 3.45. The van der Waals surface area contributed by atoms with Crippen LogP contribution in [0.3, 0.4) is 0 Å². The zero-order valence-electron chi connectivity index (χ0n) is 19.0. The number of hydrogen-bond donors (Lipinski definition) is 1. The fraction of sp³-hybridized carbons (Fsp3) is 0.111. The first kappa shape index (κ1) is 23.3. The van der Waals surface area contributed by atoms with Crippen LogP contribution in [0.5, 0.6) is 5.88 Å². The molecule has 3 aromatic carbocycles. The molecule has 0 radical (unpaired) electrons. The lowest BCUT2D eigenvalue weighted by Crippen LogP contribution is -2.22. The van der Waals surface area contributed by atoms with E-state index in [1.165, 1.54) is 4.57 Å². The third-order valence-corrected chi connectivity index (χ3v) is 5.39. The molecule has 1 N–H and O–H groups in total. The van der Waals surface area contributed by atoms with Crippen LogP contribution in [-0.4, -0.2) is 9.67 Å². The van der Waals surface area contributed by atoms with E-state index >= 15 is 0 Å². The maximum Gasteiger partial charge on any atom is 0.281 e. The summed E-state index contributed by atoms with van der Waals surface area (Å²) in [5.41, 5.74) is 2.69. The molecule has 0 spiro atoms. The van der Waals surface area contributed by atoms with Gasteiger partial charge in [0.05, 0.1) is 17.1 Å². The van der Waals surface area contributed by atoms with Crippen LogP contribution in [0, 0.1) is 18.3 Å². The quantitative estimate of drug-likeness (QED) is 0.304. The van der Waals surface area contributed by atoms with Crippen molar-refractivity contribution in [1.82, 2.24) is 4.57 Å². The summed E-state index contributed by atoms with van der Waals surface area (Å²) in [4.78, 5) is 13.1. The first-order chi connectivity index (χ1) is 17.1. The van der Waals surface area contributed by atoms with Gasteiger partial charge in [-0.2, -0.15) is 20.6 Å². The second-order valence-corrected chi connectivity index (χ2v) is 7.73. The third kappa shape index (κ3) is 5.54. The Morgan fingerprint density at radius 2 is 1.31 bits per heavy atom. The first-order valence-electron chi connectivity index (χ1n) is 11.0. The van der Waals surface area contributed by atoms with Gasteiger partial charge in [-0.15, -0.1) is 5.11 Å². The molecule has 0 bridgehead atoms. The Balaban J connectivity index is 1.58. The molecule has 8 nitrogen and oxygen atoms in total. The average Bonchev–Trinajstić information content (AvgIpc) is 2.89. The number of hydrogen-bond acceptors (Lipinski definition) is 7. The minimum absolute atomic E-state index is 0.00304. The molecule has 0 aliphatic carbocycles. The molecule has 0 aliphatic heterocycles. The molecule has 0 saturated carbocycles. The summed E-state index contributed by atoms with van der Waals surface area (Å²) in [5.74, 6) is -0.363. The molecule has 172 valence electrons. The van der Waals surface area contributed by atoms with E-state index in [4.69, 9.17) is 0 Å². The van der Waals surface area contributed by atoms with Crippen molar-refractivity contribution < 1.29 is 5.11 Å². The Morgan fingerprint density at radius 1 is 0.800 bits per heavy atom. The highest BCUT2D eigenvalue weighted by atomic mass is 16.3. The van der Waals surface area contributed by atoms with Crippen LogP contribution in [0.1, 0.15) is 16.7 Å². The Bertz CT molecular complexity index is 1470. The number of azo groups is 2. The van der Waals surface area contributed by atoms with Gasteiger partial charge < -0.3 is 5.11 Å². The molecule has 0 aliphatic rings. The van der Waals surface area contributed by atoms with Gasteiger partial charge in [0.1, 0.15) is 11.6 Å². The standard InChI is InChI=1S/C27H22N6O2/c1-19-24(18-28)26(34)33(17-16-20-8-4-2-5-9-20)27(35)25(19)32-31-23-14-12-22(13-15-23)30-29-21-10-6-3-7-11-21/h2-15,34H,16-17H2,1H3. The second-order valence-electron chi connectivity index (χ2n) is 7.73. The summed E-state index contributed by atoms with van der Waals surface area (Å²) in [6, 6.07) is 27.8. The van der Waals surface area contributed by atoms with E-state index in [0.29, 0.717) is 17.8 Å². The van der Waals surface area contributed by atoms with Crippen LogP contribution in [0.15, 0.2) is 110 Å².